The number of nitrogens with one attached hydrogen (secondary N) is 2. The van der Waals surface area contributed by atoms with Gasteiger partial charge >= 0.3 is 0 Å². The van der Waals surface area contributed by atoms with Crippen LogP contribution in [0, 0.1) is 22.7 Å². The van der Waals surface area contributed by atoms with Gasteiger partial charge in [0.25, 0.3) is 5.91 Å². The Morgan fingerprint density at radius 3 is 2.12 bits per heavy atom. The highest BCUT2D eigenvalue weighted by Crippen LogP contribution is 2.54. The van der Waals surface area contributed by atoms with Gasteiger partial charge in [-0.3, -0.25) is 23.9 Å². The monoisotopic (exact) mass is 674 g/mol. The van der Waals surface area contributed by atoms with Crippen LogP contribution >= 0.6 is 0 Å². The molecule has 0 radical (unpaired) electrons. The third-order valence-corrected chi connectivity index (χ3v) is 11.6. The van der Waals surface area contributed by atoms with Crippen molar-refractivity contribution in [3.63, 3.8) is 0 Å². The van der Waals surface area contributed by atoms with Crippen LogP contribution in [-0.2, 0) is 36.5 Å². The number of carbonyl (C=O) groups excluding carboxylic acids is 4. The summed E-state index contributed by atoms with van der Waals surface area (Å²) in [5.74, 6) is -3.08. The van der Waals surface area contributed by atoms with Crippen LogP contribution in [0.15, 0.2) is 73.1 Å². The molecule has 4 amide bonds. The summed E-state index contributed by atoms with van der Waals surface area (Å²) in [5.41, 5.74) is 1.20. The molecule has 3 fully saturated rings. The van der Waals surface area contributed by atoms with Crippen LogP contribution < -0.4 is 10.6 Å². The van der Waals surface area contributed by atoms with E-state index in [0.29, 0.717) is 30.8 Å². The van der Waals surface area contributed by atoms with Crippen LogP contribution in [-0.4, -0.2) is 96.6 Å². The van der Waals surface area contributed by atoms with Gasteiger partial charge in [-0.25, -0.2) is 8.42 Å². The van der Waals surface area contributed by atoms with Crippen molar-refractivity contribution in [2.45, 2.75) is 38.6 Å². The second kappa shape index (κ2) is 12.8. The summed E-state index contributed by atoms with van der Waals surface area (Å²) in [7, 11) is -2.41. The molecule has 3 aliphatic rings. The van der Waals surface area contributed by atoms with Crippen molar-refractivity contribution in [3.8, 4) is 0 Å². The van der Waals surface area contributed by atoms with Crippen LogP contribution in [0.2, 0.25) is 0 Å². The Bertz CT molecular complexity index is 1800. The van der Waals surface area contributed by atoms with Gasteiger partial charge < -0.3 is 20.4 Å². The number of carbonyl (C=O) groups is 4. The van der Waals surface area contributed by atoms with Gasteiger partial charge in [-0.2, -0.15) is 5.10 Å². The first kappa shape index (κ1) is 33.4. The molecule has 2 saturated heterocycles. The molecule has 2 aliphatic heterocycles. The zero-order valence-corrected chi connectivity index (χ0v) is 28.3. The largest absolute Gasteiger partial charge is 0.357 e. The molecule has 3 heterocycles. The number of sulfone groups is 1. The predicted octanol–water partition coefficient (Wildman–Crippen LogP) is 1.72. The van der Waals surface area contributed by atoms with Gasteiger partial charge in [-0.05, 0) is 23.0 Å². The van der Waals surface area contributed by atoms with E-state index in [9.17, 15) is 27.6 Å². The van der Waals surface area contributed by atoms with E-state index in [1.165, 1.54) is 13.2 Å². The highest BCUT2D eigenvalue weighted by atomic mass is 32.2. The minimum atomic E-state index is -3.79. The molecule has 1 aromatic heterocycles. The second-order valence-electron chi connectivity index (χ2n) is 14.2. The normalized spacial score (nSPS) is 21.3. The van der Waals surface area contributed by atoms with Crippen molar-refractivity contribution < 1.29 is 27.6 Å². The molecule has 1 aliphatic carbocycles. The molecular weight excluding hydrogens is 632 g/mol. The zero-order chi connectivity index (χ0) is 34.3. The molecule has 6 rings (SSSR count). The Morgan fingerprint density at radius 1 is 0.917 bits per heavy atom. The van der Waals surface area contributed by atoms with E-state index in [1.807, 2.05) is 30.3 Å². The molecule has 3 atom stereocenters. The molecule has 0 bridgehead atoms. The van der Waals surface area contributed by atoms with Crippen molar-refractivity contribution in [1.82, 2.24) is 30.2 Å². The van der Waals surface area contributed by atoms with E-state index in [-0.39, 0.29) is 42.0 Å². The summed E-state index contributed by atoms with van der Waals surface area (Å²) >= 11 is 0. The lowest BCUT2D eigenvalue weighted by atomic mass is 9.70. The fourth-order valence-electron chi connectivity index (χ4n) is 7.07. The van der Waals surface area contributed by atoms with Crippen LogP contribution in [0.3, 0.4) is 0 Å². The van der Waals surface area contributed by atoms with Gasteiger partial charge in [0.1, 0.15) is 6.04 Å². The maximum atomic E-state index is 14.0. The SMILES string of the molecule is CNC(=O)[C@H](CS(=O)(=O)Cc1ccccc1)NC(=O)[C@@H]1CN(C(=O)c2cnn(Cc3ccccc3)c2)CC12CN(C(=O)[C@H]1CC1(C)C)C2. The lowest BCUT2D eigenvalue weighted by Gasteiger charge is -2.50. The maximum Gasteiger partial charge on any atom is 0.257 e. The summed E-state index contributed by atoms with van der Waals surface area (Å²) in [6.45, 7) is 5.49. The molecule has 1 saturated carbocycles. The Hall–Kier alpha value is -4.52. The van der Waals surface area contributed by atoms with E-state index in [2.05, 4.69) is 29.6 Å². The molecule has 3 aromatic rings. The molecular formula is C35H42N6O6S. The minimum absolute atomic E-state index is 0.0481. The minimum Gasteiger partial charge on any atom is -0.357 e. The van der Waals surface area contributed by atoms with E-state index in [0.717, 1.165) is 12.0 Å². The number of amides is 4. The number of benzene rings is 2. The molecule has 0 unspecified atom stereocenters. The molecule has 254 valence electrons. The first-order valence-corrected chi connectivity index (χ1v) is 18.0. The van der Waals surface area contributed by atoms with Crippen molar-refractivity contribution in [2.24, 2.45) is 22.7 Å². The van der Waals surface area contributed by atoms with Crippen LogP contribution in [0.1, 0.15) is 41.8 Å². The third-order valence-electron chi connectivity index (χ3n) is 9.98. The van der Waals surface area contributed by atoms with E-state index in [4.69, 9.17) is 0 Å². The standard InChI is InChI=1S/C35H42N6O6S/c1-34(2)14-27(34)33(45)40-22-35(23-40)21-39(32(44)26-15-37-41(17-26)16-24-10-6-4-7-11-24)18-28(35)30(42)38-29(31(43)36-3)20-48(46,47)19-25-12-8-5-9-13-25/h4-13,15,17,27-29H,14,16,18-23H2,1-3H3,(H,36,43)(H,38,42)/t27-,28+,29+/m1/s1. The summed E-state index contributed by atoms with van der Waals surface area (Å²) in [6, 6.07) is 17.1. The first-order chi connectivity index (χ1) is 22.8. The van der Waals surface area contributed by atoms with Gasteiger partial charge in [0.15, 0.2) is 9.84 Å². The molecule has 12 nitrogen and oxygen atoms in total. The summed E-state index contributed by atoms with van der Waals surface area (Å²) in [6.07, 6.45) is 4.00. The number of nitrogens with zero attached hydrogens (tertiary/aromatic N) is 4. The topological polar surface area (TPSA) is 151 Å². The molecule has 1 spiro atoms. The third kappa shape index (κ3) is 7.01. The lowest BCUT2D eigenvalue weighted by Crippen LogP contribution is -2.65. The Labute approximate surface area is 280 Å². The average molecular weight is 675 g/mol. The van der Waals surface area contributed by atoms with Crippen molar-refractivity contribution in [1.29, 1.82) is 0 Å². The number of rotatable bonds is 11. The molecule has 2 aromatic carbocycles. The van der Waals surface area contributed by atoms with Gasteiger partial charge in [0.2, 0.25) is 17.7 Å². The highest BCUT2D eigenvalue weighted by Gasteiger charge is 2.62. The van der Waals surface area contributed by atoms with Crippen molar-refractivity contribution in [3.05, 3.63) is 89.7 Å². The molecule has 2 N–H and O–H groups in total. The predicted molar refractivity (Wildman–Crippen MR) is 178 cm³/mol. The second-order valence-corrected chi connectivity index (χ2v) is 16.3. The highest BCUT2D eigenvalue weighted by molar-refractivity contribution is 7.90. The van der Waals surface area contributed by atoms with Gasteiger partial charge in [0.05, 0.1) is 35.7 Å². The van der Waals surface area contributed by atoms with Gasteiger partial charge in [-0.1, -0.05) is 74.5 Å². The molecule has 13 heteroatoms. The van der Waals surface area contributed by atoms with Crippen LogP contribution in [0.5, 0.6) is 0 Å². The average Bonchev–Trinajstić information content (AvgIpc) is 3.35. The van der Waals surface area contributed by atoms with Crippen molar-refractivity contribution >= 4 is 33.5 Å². The summed E-state index contributed by atoms with van der Waals surface area (Å²) < 4.78 is 28.0. The number of hydrogen-bond acceptors (Lipinski definition) is 7. The first-order valence-electron chi connectivity index (χ1n) is 16.2. The molecule has 48 heavy (non-hydrogen) atoms. The fourth-order valence-corrected chi connectivity index (χ4v) is 8.63. The maximum absolute atomic E-state index is 14.0. The van der Waals surface area contributed by atoms with E-state index in [1.54, 1.807) is 51.0 Å². The van der Waals surface area contributed by atoms with Gasteiger partial charge in [0, 0.05) is 50.8 Å². The number of aromatic nitrogens is 2. The van der Waals surface area contributed by atoms with Gasteiger partial charge in [-0.15, -0.1) is 0 Å². The summed E-state index contributed by atoms with van der Waals surface area (Å²) in [5, 5.41) is 9.55. The van der Waals surface area contributed by atoms with Crippen LogP contribution in [0.4, 0.5) is 0 Å². The number of likely N-dealkylation sites (tertiary alicyclic amines) is 2. The Balaban J connectivity index is 1.19. The van der Waals surface area contributed by atoms with Crippen molar-refractivity contribution in [2.75, 3.05) is 39.0 Å². The fraction of sp³-hybridized carbons (Fsp3) is 0.457. The van der Waals surface area contributed by atoms with E-state index < -0.39 is 44.8 Å². The van der Waals surface area contributed by atoms with Crippen LogP contribution in [0.25, 0.3) is 0 Å². The summed E-state index contributed by atoms with van der Waals surface area (Å²) in [4.78, 5) is 57.3. The number of hydrogen-bond donors (Lipinski definition) is 2. The lowest BCUT2D eigenvalue weighted by molar-refractivity contribution is -0.151. The van der Waals surface area contributed by atoms with E-state index >= 15 is 0 Å². The quantitative estimate of drug-likeness (QED) is 0.315. The smallest absolute Gasteiger partial charge is 0.257 e. The zero-order valence-electron chi connectivity index (χ0n) is 27.5. The Morgan fingerprint density at radius 2 is 1.52 bits per heavy atom. The number of likely N-dealkylation sites (N-methyl/N-ethyl adjacent to an activating group) is 1. The Kier molecular flexibility index (Phi) is 8.92.